The molecule has 2 amide bonds. The molecular formula is C16H19N5O2. The number of aromatic nitrogens is 3. The Morgan fingerprint density at radius 1 is 1.35 bits per heavy atom. The van der Waals surface area contributed by atoms with Gasteiger partial charge in [-0.25, -0.2) is 9.97 Å². The molecule has 0 aromatic carbocycles. The summed E-state index contributed by atoms with van der Waals surface area (Å²) in [4.78, 5) is 38.0. The molecule has 2 N–H and O–H groups in total. The largest absolute Gasteiger partial charge is 0.368 e. The number of nitrogens with zero attached hydrogens (tertiary/aromatic N) is 4. The van der Waals surface area contributed by atoms with E-state index < -0.39 is 11.9 Å². The average molecular weight is 313 g/mol. The molecule has 0 fully saturated rings. The maximum atomic E-state index is 12.6. The van der Waals surface area contributed by atoms with Crippen LogP contribution < -0.4 is 5.73 Å². The quantitative estimate of drug-likeness (QED) is 0.893. The van der Waals surface area contributed by atoms with Crippen LogP contribution in [0.3, 0.4) is 0 Å². The third-order valence-electron chi connectivity index (χ3n) is 3.61. The topological polar surface area (TPSA) is 102 Å². The smallest absolute Gasteiger partial charge is 0.257 e. The normalized spacial score (nSPS) is 11.8. The van der Waals surface area contributed by atoms with Crippen molar-refractivity contribution < 1.29 is 9.59 Å². The van der Waals surface area contributed by atoms with Crippen molar-refractivity contribution in [2.24, 2.45) is 5.73 Å². The maximum absolute atomic E-state index is 12.6. The Hall–Kier alpha value is -2.83. The van der Waals surface area contributed by atoms with E-state index in [9.17, 15) is 9.59 Å². The Labute approximate surface area is 134 Å². The lowest BCUT2D eigenvalue weighted by Gasteiger charge is -2.26. The number of hydrogen-bond acceptors (Lipinski definition) is 5. The van der Waals surface area contributed by atoms with E-state index in [0.29, 0.717) is 23.6 Å². The Morgan fingerprint density at radius 2 is 2.09 bits per heavy atom. The van der Waals surface area contributed by atoms with Gasteiger partial charge in [0, 0.05) is 30.7 Å². The van der Waals surface area contributed by atoms with Crippen molar-refractivity contribution in [3.05, 3.63) is 42.0 Å². The zero-order valence-corrected chi connectivity index (χ0v) is 13.4. The molecule has 2 aromatic rings. The molecule has 0 radical (unpaired) electrons. The van der Waals surface area contributed by atoms with E-state index in [1.54, 1.807) is 39.2 Å². The SMILES string of the molecule is CCN(C(=O)c1cnc(-c2cccnc2)nc1C)[C@H](C)C(N)=O. The van der Waals surface area contributed by atoms with Gasteiger partial charge in [-0.1, -0.05) is 0 Å². The van der Waals surface area contributed by atoms with Gasteiger partial charge < -0.3 is 10.6 Å². The van der Waals surface area contributed by atoms with E-state index in [2.05, 4.69) is 15.0 Å². The zero-order chi connectivity index (χ0) is 17.0. The van der Waals surface area contributed by atoms with Crippen LogP contribution in [0.5, 0.6) is 0 Å². The molecule has 0 saturated carbocycles. The van der Waals surface area contributed by atoms with Gasteiger partial charge in [-0.3, -0.25) is 14.6 Å². The number of pyridine rings is 1. The number of likely N-dealkylation sites (N-methyl/N-ethyl adjacent to an activating group) is 1. The van der Waals surface area contributed by atoms with E-state index in [1.807, 2.05) is 6.07 Å². The van der Waals surface area contributed by atoms with E-state index in [-0.39, 0.29) is 5.91 Å². The first-order valence-electron chi connectivity index (χ1n) is 7.30. The highest BCUT2D eigenvalue weighted by atomic mass is 16.2. The molecular weight excluding hydrogens is 294 g/mol. The minimum Gasteiger partial charge on any atom is -0.368 e. The standard InChI is InChI=1S/C16H19N5O2/c1-4-21(11(3)14(17)22)16(23)13-9-19-15(20-10(13)2)12-6-5-7-18-8-12/h5-9,11H,4H2,1-3H3,(H2,17,22)/t11-/m1/s1. The van der Waals surface area contributed by atoms with Crippen molar-refractivity contribution in [1.29, 1.82) is 0 Å². The predicted molar refractivity (Wildman–Crippen MR) is 85.4 cm³/mol. The van der Waals surface area contributed by atoms with Crippen LogP contribution in [-0.2, 0) is 4.79 Å². The number of nitrogens with two attached hydrogens (primary N) is 1. The Balaban J connectivity index is 2.33. The van der Waals surface area contributed by atoms with Crippen molar-refractivity contribution >= 4 is 11.8 Å². The molecule has 2 rings (SSSR count). The van der Waals surface area contributed by atoms with Crippen LogP contribution in [0.4, 0.5) is 0 Å². The number of amides is 2. The number of carbonyl (C=O) groups is 2. The van der Waals surface area contributed by atoms with Crippen LogP contribution in [0.2, 0.25) is 0 Å². The van der Waals surface area contributed by atoms with Crippen LogP contribution in [0.25, 0.3) is 11.4 Å². The Morgan fingerprint density at radius 3 is 2.61 bits per heavy atom. The van der Waals surface area contributed by atoms with E-state index >= 15 is 0 Å². The van der Waals surface area contributed by atoms with Crippen molar-refractivity contribution in [3.8, 4) is 11.4 Å². The first-order chi connectivity index (χ1) is 11.0. The molecule has 0 unspecified atom stereocenters. The summed E-state index contributed by atoms with van der Waals surface area (Å²) in [6.07, 6.45) is 4.80. The molecule has 0 aliphatic carbocycles. The fourth-order valence-electron chi connectivity index (χ4n) is 2.21. The monoisotopic (exact) mass is 313 g/mol. The van der Waals surface area contributed by atoms with E-state index in [0.717, 1.165) is 5.56 Å². The molecule has 2 aromatic heterocycles. The second-order valence-electron chi connectivity index (χ2n) is 5.10. The molecule has 120 valence electrons. The predicted octanol–water partition coefficient (Wildman–Crippen LogP) is 1.18. The van der Waals surface area contributed by atoms with Gasteiger partial charge in [0.1, 0.15) is 6.04 Å². The van der Waals surface area contributed by atoms with Gasteiger partial charge in [0.25, 0.3) is 5.91 Å². The fourth-order valence-corrected chi connectivity index (χ4v) is 2.21. The number of carbonyl (C=O) groups excluding carboxylic acids is 2. The minimum atomic E-state index is -0.690. The lowest BCUT2D eigenvalue weighted by Crippen LogP contribution is -2.46. The second kappa shape index (κ2) is 6.95. The maximum Gasteiger partial charge on any atom is 0.257 e. The number of rotatable bonds is 5. The fraction of sp³-hybridized carbons (Fsp3) is 0.312. The summed E-state index contributed by atoms with van der Waals surface area (Å²) in [5.74, 6) is -0.363. The molecule has 1 atom stereocenters. The second-order valence-corrected chi connectivity index (χ2v) is 5.10. The summed E-state index contributed by atoms with van der Waals surface area (Å²) < 4.78 is 0. The molecule has 0 bridgehead atoms. The summed E-state index contributed by atoms with van der Waals surface area (Å²) in [6.45, 7) is 5.49. The van der Waals surface area contributed by atoms with Crippen molar-refractivity contribution in [1.82, 2.24) is 19.9 Å². The third-order valence-corrected chi connectivity index (χ3v) is 3.61. The lowest BCUT2D eigenvalue weighted by atomic mass is 10.1. The molecule has 0 aliphatic rings. The van der Waals surface area contributed by atoms with E-state index in [1.165, 1.54) is 11.1 Å². The highest BCUT2D eigenvalue weighted by Crippen LogP contribution is 2.16. The van der Waals surface area contributed by atoms with Crippen LogP contribution in [-0.4, -0.2) is 44.3 Å². The van der Waals surface area contributed by atoms with Gasteiger partial charge >= 0.3 is 0 Å². The highest BCUT2D eigenvalue weighted by molar-refractivity contribution is 5.97. The third kappa shape index (κ3) is 3.50. The Kier molecular flexibility index (Phi) is 5.00. The van der Waals surface area contributed by atoms with Gasteiger partial charge in [0.15, 0.2) is 5.82 Å². The number of primary amides is 1. The summed E-state index contributed by atoms with van der Waals surface area (Å²) in [5.41, 5.74) is 6.96. The number of aryl methyl sites for hydroxylation is 1. The molecule has 0 saturated heterocycles. The lowest BCUT2D eigenvalue weighted by molar-refractivity contribution is -0.121. The Bertz CT molecular complexity index is 718. The van der Waals surface area contributed by atoms with E-state index in [4.69, 9.17) is 5.73 Å². The average Bonchev–Trinajstić information content (AvgIpc) is 2.55. The first kappa shape index (κ1) is 16.5. The molecule has 0 spiro atoms. The van der Waals surface area contributed by atoms with Gasteiger partial charge in [-0.15, -0.1) is 0 Å². The van der Waals surface area contributed by atoms with Crippen molar-refractivity contribution in [2.75, 3.05) is 6.54 Å². The first-order valence-corrected chi connectivity index (χ1v) is 7.30. The van der Waals surface area contributed by atoms with Crippen molar-refractivity contribution in [3.63, 3.8) is 0 Å². The number of hydrogen-bond donors (Lipinski definition) is 1. The molecule has 7 heteroatoms. The zero-order valence-electron chi connectivity index (χ0n) is 13.4. The molecule has 0 aliphatic heterocycles. The van der Waals surface area contributed by atoms with Crippen LogP contribution in [0.15, 0.2) is 30.7 Å². The van der Waals surface area contributed by atoms with Crippen LogP contribution >= 0.6 is 0 Å². The summed E-state index contributed by atoms with van der Waals surface area (Å²) >= 11 is 0. The van der Waals surface area contributed by atoms with Crippen molar-refractivity contribution in [2.45, 2.75) is 26.8 Å². The van der Waals surface area contributed by atoms with Crippen LogP contribution in [0.1, 0.15) is 29.9 Å². The summed E-state index contributed by atoms with van der Waals surface area (Å²) in [5, 5.41) is 0. The van der Waals surface area contributed by atoms with Gasteiger partial charge in [-0.05, 0) is 32.9 Å². The summed E-state index contributed by atoms with van der Waals surface area (Å²) in [6, 6.07) is 2.95. The summed E-state index contributed by atoms with van der Waals surface area (Å²) in [7, 11) is 0. The van der Waals surface area contributed by atoms with Crippen LogP contribution in [0, 0.1) is 6.92 Å². The molecule has 2 heterocycles. The molecule has 7 nitrogen and oxygen atoms in total. The molecule has 23 heavy (non-hydrogen) atoms. The van der Waals surface area contributed by atoms with Gasteiger partial charge in [0.2, 0.25) is 5.91 Å². The minimum absolute atomic E-state index is 0.311. The van der Waals surface area contributed by atoms with Gasteiger partial charge in [0.05, 0.1) is 11.3 Å². The van der Waals surface area contributed by atoms with Gasteiger partial charge in [-0.2, -0.15) is 0 Å². The highest BCUT2D eigenvalue weighted by Gasteiger charge is 2.25.